The molecule has 0 amide bonds. The van der Waals surface area contributed by atoms with Crippen LogP contribution in [-0.2, 0) is 3.70 Å². The smallest absolute Gasteiger partial charge is 0.0773 e. The van der Waals surface area contributed by atoms with Crippen molar-refractivity contribution in [2.75, 3.05) is 11.5 Å². The summed E-state index contributed by atoms with van der Waals surface area (Å²) >= 11 is 4.51. The summed E-state index contributed by atoms with van der Waals surface area (Å²) in [5, 5.41) is 0. The van der Waals surface area contributed by atoms with Gasteiger partial charge in [-0.2, -0.15) is 0 Å². The van der Waals surface area contributed by atoms with Crippen LogP contribution in [0.15, 0.2) is 30.3 Å². The molecule has 1 fully saturated rings. The molecule has 2 rings (SSSR count). The number of rotatable bonds is 3. The minimum Gasteiger partial charge on any atom is -0.143 e. The molecule has 1 aliphatic rings. The Balaban J connectivity index is 2.53. The first-order valence-electron chi connectivity index (χ1n) is 7.15. The Morgan fingerprint density at radius 3 is 1.89 bits per heavy atom. The van der Waals surface area contributed by atoms with Crippen LogP contribution in [-0.4, -0.2) is 26.7 Å². The van der Waals surface area contributed by atoms with E-state index in [0.717, 1.165) is 0 Å². The predicted molar refractivity (Wildman–Crippen MR) is 98.5 cm³/mol. The molecular weight excluding hydrogens is 300 g/mol. The third-order valence-electron chi connectivity index (χ3n) is 4.75. The standard InChI is InChI=1S/C15H26S2Si2/c1-18(2,3)19(4,5)15(16-12-9-13-17-15)14-10-7-6-8-11-14/h6-8,10-11H,9,12-13H2,1-5H3. The average Bonchev–Trinajstić information content (AvgIpc) is 2.39. The maximum absolute atomic E-state index is 2.65. The van der Waals surface area contributed by atoms with Gasteiger partial charge in [-0.05, 0) is 23.5 Å². The van der Waals surface area contributed by atoms with Gasteiger partial charge in [0, 0.05) is 7.59 Å². The van der Waals surface area contributed by atoms with E-state index in [1.54, 1.807) is 5.56 Å². The highest BCUT2D eigenvalue weighted by atomic mass is 32.2. The minimum atomic E-state index is -1.33. The molecule has 0 saturated carbocycles. The van der Waals surface area contributed by atoms with Crippen molar-refractivity contribution in [2.24, 2.45) is 0 Å². The molecule has 0 nitrogen and oxygen atoms in total. The molecule has 0 spiro atoms. The van der Waals surface area contributed by atoms with Gasteiger partial charge in [0.1, 0.15) is 0 Å². The largest absolute Gasteiger partial charge is 0.143 e. The number of hydrogen-bond donors (Lipinski definition) is 0. The average molecular weight is 327 g/mol. The lowest BCUT2D eigenvalue weighted by atomic mass is 10.2. The van der Waals surface area contributed by atoms with E-state index in [0.29, 0.717) is 3.70 Å². The highest BCUT2D eigenvalue weighted by Crippen LogP contribution is 2.57. The van der Waals surface area contributed by atoms with Gasteiger partial charge in [0.25, 0.3) is 0 Å². The topological polar surface area (TPSA) is 0 Å². The van der Waals surface area contributed by atoms with E-state index in [4.69, 9.17) is 0 Å². The Bertz CT molecular complexity index is 418. The van der Waals surface area contributed by atoms with E-state index in [9.17, 15) is 0 Å². The SMILES string of the molecule is C[Si](C)(C)[Si](C)(C)C1(c2ccccc2)SCCCS1. The Morgan fingerprint density at radius 1 is 0.895 bits per heavy atom. The van der Waals surface area contributed by atoms with Crippen LogP contribution in [0.4, 0.5) is 0 Å². The van der Waals surface area contributed by atoms with E-state index in [-0.39, 0.29) is 0 Å². The Labute approximate surface area is 129 Å². The summed E-state index contributed by atoms with van der Waals surface area (Å²) in [5.41, 5.74) is 1.59. The van der Waals surface area contributed by atoms with Gasteiger partial charge in [-0.3, -0.25) is 0 Å². The quantitative estimate of drug-likeness (QED) is 0.684. The second kappa shape index (κ2) is 5.62. The lowest BCUT2D eigenvalue weighted by Gasteiger charge is -2.52. The number of hydrogen-bond acceptors (Lipinski definition) is 2. The molecule has 0 aliphatic carbocycles. The van der Waals surface area contributed by atoms with Crippen molar-refractivity contribution >= 4 is 38.7 Å². The summed E-state index contributed by atoms with van der Waals surface area (Å²) < 4.78 is 0.386. The molecular formula is C15H26S2Si2. The second-order valence-electron chi connectivity index (χ2n) is 6.91. The monoisotopic (exact) mass is 326 g/mol. The first-order valence-corrected chi connectivity index (χ1v) is 16.6. The van der Waals surface area contributed by atoms with Crippen molar-refractivity contribution in [3.8, 4) is 0 Å². The highest BCUT2D eigenvalue weighted by molar-refractivity contribution is 8.21. The van der Waals surface area contributed by atoms with Crippen molar-refractivity contribution in [1.82, 2.24) is 0 Å². The van der Waals surface area contributed by atoms with Crippen molar-refractivity contribution in [3.63, 3.8) is 0 Å². The van der Waals surface area contributed by atoms with Crippen LogP contribution >= 0.6 is 23.5 Å². The molecule has 0 N–H and O–H groups in total. The summed E-state index contributed by atoms with van der Waals surface area (Å²) in [6.07, 6.45) is 1.38. The maximum atomic E-state index is 2.65. The zero-order chi connectivity index (χ0) is 14.1. The molecule has 1 aromatic carbocycles. The summed E-state index contributed by atoms with van der Waals surface area (Å²) in [6, 6.07) is 11.3. The maximum Gasteiger partial charge on any atom is 0.0773 e. The van der Waals surface area contributed by atoms with E-state index in [1.807, 2.05) is 0 Å². The van der Waals surface area contributed by atoms with Gasteiger partial charge in [0.15, 0.2) is 0 Å². The van der Waals surface area contributed by atoms with E-state index in [2.05, 4.69) is 86.6 Å². The Morgan fingerprint density at radius 2 is 1.42 bits per heavy atom. The van der Waals surface area contributed by atoms with Gasteiger partial charge in [0.2, 0.25) is 0 Å². The first-order chi connectivity index (χ1) is 8.81. The molecule has 1 saturated heterocycles. The fourth-order valence-corrected chi connectivity index (χ4v) is 20.9. The zero-order valence-corrected chi connectivity index (χ0v) is 16.5. The van der Waals surface area contributed by atoms with Crippen LogP contribution in [0.2, 0.25) is 32.7 Å². The fourth-order valence-electron chi connectivity index (χ4n) is 2.57. The summed E-state index contributed by atoms with van der Waals surface area (Å²) in [5.74, 6) is 2.67. The Kier molecular flexibility index (Phi) is 4.66. The number of thioether (sulfide) groups is 2. The summed E-state index contributed by atoms with van der Waals surface area (Å²) in [7, 11) is -2.46. The zero-order valence-electron chi connectivity index (χ0n) is 12.8. The summed E-state index contributed by atoms with van der Waals surface area (Å²) in [6.45, 7) is 13.0. The molecule has 0 aromatic heterocycles. The molecule has 0 unspecified atom stereocenters. The lowest BCUT2D eigenvalue weighted by Crippen LogP contribution is -2.64. The van der Waals surface area contributed by atoms with Crippen LogP contribution in [0, 0.1) is 0 Å². The van der Waals surface area contributed by atoms with Crippen molar-refractivity contribution in [3.05, 3.63) is 35.9 Å². The number of benzene rings is 1. The van der Waals surface area contributed by atoms with E-state index >= 15 is 0 Å². The van der Waals surface area contributed by atoms with Gasteiger partial charge in [-0.15, -0.1) is 23.5 Å². The van der Waals surface area contributed by atoms with E-state index < -0.39 is 15.2 Å². The highest BCUT2D eigenvalue weighted by Gasteiger charge is 2.56. The van der Waals surface area contributed by atoms with Gasteiger partial charge in [0.05, 0.1) is 11.3 Å². The predicted octanol–water partition coefficient (Wildman–Crippen LogP) is 5.37. The van der Waals surface area contributed by atoms with Gasteiger partial charge < -0.3 is 0 Å². The van der Waals surface area contributed by atoms with Crippen molar-refractivity contribution in [2.45, 2.75) is 42.9 Å². The molecule has 0 bridgehead atoms. The van der Waals surface area contributed by atoms with Crippen LogP contribution in [0.5, 0.6) is 0 Å². The fraction of sp³-hybridized carbons (Fsp3) is 0.600. The second-order valence-corrected chi connectivity index (χ2v) is 27.3. The van der Waals surface area contributed by atoms with Gasteiger partial charge in [-0.1, -0.05) is 63.1 Å². The molecule has 0 atom stereocenters. The third kappa shape index (κ3) is 2.74. The molecule has 0 radical (unpaired) electrons. The van der Waals surface area contributed by atoms with E-state index in [1.165, 1.54) is 17.9 Å². The molecule has 1 aromatic rings. The van der Waals surface area contributed by atoms with Crippen LogP contribution in [0.3, 0.4) is 0 Å². The molecule has 106 valence electrons. The van der Waals surface area contributed by atoms with Gasteiger partial charge >= 0.3 is 0 Å². The molecule has 1 heterocycles. The molecule has 1 aliphatic heterocycles. The third-order valence-corrected chi connectivity index (χ3v) is 30.8. The van der Waals surface area contributed by atoms with Gasteiger partial charge in [-0.25, -0.2) is 0 Å². The Hall–Kier alpha value is 0.354. The van der Waals surface area contributed by atoms with Crippen LogP contribution in [0.25, 0.3) is 0 Å². The summed E-state index contributed by atoms with van der Waals surface area (Å²) in [4.78, 5) is 0. The van der Waals surface area contributed by atoms with Crippen LogP contribution in [0.1, 0.15) is 12.0 Å². The molecule has 19 heavy (non-hydrogen) atoms. The molecule has 4 heteroatoms. The lowest BCUT2D eigenvalue weighted by molar-refractivity contribution is 1.06. The normalized spacial score (nSPS) is 20.3. The van der Waals surface area contributed by atoms with Crippen molar-refractivity contribution in [1.29, 1.82) is 0 Å². The van der Waals surface area contributed by atoms with Crippen molar-refractivity contribution < 1.29 is 0 Å². The first kappa shape index (κ1) is 15.7. The van der Waals surface area contributed by atoms with Crippen LogP contribution < -0.4 is 0 Å². The minimum absolute atomic E-state index is 0.386.